The van der Waals surface area contributed by atoms with Crippen LogP contribution in [-0.2, 0) is 4.79 Å². The normalized spacial score (nSPS) is 25.9. The number of benzene rings is 1. The summed E-state index contributed by atoms with van der Waals surface area (Å²) >= 11 is 5.89. The number of aliphatic carboxylic acids is 1. The fourth-order valence-corrected chi connectivity index (χ4v) is 3.53. The molecule has 0 radical (unpaired) electrons. The standard InChI is InChI=1S/C22H27ClO6/c23-15-6-5-7-17(12-15)29-14-16(24)10-11-19-18(20(25)13-21(19)26)8-3-1-2-4-9-22(27)28/h1,3-7,9-12,16,18-21,24-26H,2,8,13-14H2,(H,27,28)/b3-1+,9-4-,11-10+/t16-,18?,19-,20?,21?/m1/s1. The van der Waals surface area contributed by atoms with Crippen LogP contribution in [-0.4, -0.2) is 51.3 Å². The van der Waals surface area contributed by atoms with Crippen molar-refractivity contribution in [1.82, 2.24) is 0 Å². The van der Waals surface area contributed by atoms with E-state index in [-0.39, 0.29) is 24.9 Å². The summed E-state index contributed by atoms with van der Waals surface area (Å²) in [6.45, 7) is 0.0443. The number of hydrogen-bond acceptors (Lipinski definition) is 5. The molecule has 0 saturated heterocycles. The molecule has 4 N–H and O–H groups in total. The zero-order valence-electron chi connectivity index (χ0n) is 16.0. The minimum atomic E-state index is -0.990. The van der Waals surface area contributed by atoms with Crippen molar-refractivity contribution in [3.05, 3.63) is 65.7 Å². The van der Waals surface area contributed by atoms with Gasteiger partial charge in [-0.1, -0.05) is 48.0 Å². The summed E-state index contributed by atoms with van der Waals surface area (Å²) < 4.78 is 5.50. The number of halogens is 1. The molecule has 2 rings (SSSR count). The van der Waals surface area contributed by atoms with Gasteiger partial charge in [0.25, 0.3) is 0 Å². The Morgan fingerprint density at radius 2 is 2.03 bits per heavy atom. The first-order valence-corrected chi connectivity index (χ1v) is 9.90. The van der Waals surface area contributed by atoms with Crippen LogP contribution in [0.15, 0.2) is 60.7 Å². The predicted molar refractivity (Wildman–Crippen MR) is 111 cm³/mol. The average Bonchev–Trinajstić information content (AvgIpc) is 2.93. The van der Waals surface area contributed by atoms with Crippen LogP contribution >= 0.6 is 11.6 Å². The van der Waals surface area contributed by atoms with E-state index < -0.39 is 24.3 Å². The van der Waals surface area contributed by atoms with Gasteiger partial charge in [-0.05, 0) is 37.0 Å². The summed E-state index contributed by atoms with van der Waals surface area (Å²) in [5.41, 5.74) is 0. The third-order valence-corrected chi connectivity index (χ3v) is 5.03. The smallest absolute Gasteiger partial charge is 0.327 e. The first-order chi connectivity index (χ1) is 13.9. The maximum atomic E-state index is 10.4. The van der Waals surface area contributed by atoms with Gasteiger partial charge >= 0.3 is 5.97 Å². The Hall–Kier alpha value is -2.12. The summed E-state index contributed by atoms with van der Waals surface area (Å²) in [6.07, 6.45) is 8.73. The number of rotatable bonds is 10. The Kier molecular flexibility index (Phi) is 9.41. The zero-order chi connectivity index (χ0) is 21.2. The van der Waals surface area contributed by atoms with Gasteiger partial charge < -0.3 is 25.2 Å². The highest BCUT2D eigenvalue weighted by Gasteiger charge is 2.39. The molecule has 3 unspecified atom stereocenters. The van der Waals surface area contributed by atoms with Crippen molar-refractivity contribution >= 4 is 17.6 Å². The number of aliphatic hydroxyl groups is 3. The molecular formula is C22H27ClO6. The molecule has 0 aromatic heterocycles. The van der Waals surface area contributed by atoms with Crippen LogP contribution in [0.25, 0.3) is 0 Å². The van der Waals surface area contributed by atoms with Crippen LogP contribution < -0.4 is 4.74 Å². The summed E-state index contributed by atoms with van der Waals surface area (Å²) in [7, 11) is 0. The summed E-state index contributed by atoms with van der Waals surface area (Å²) in [4.78, 5) is 10.4. The Morgan fingerprint density at radius 1 is 1.24 bits per heavy atom. The monoisotopic (exact) mass is 422 g/mol. The molecule has 7 heteroatoms. The van der Waals surface area contributed by atoms with Crippen LogP contribution in [0.2, 0.25) is 5.02 Å². The second-order valence-corrected chi connectivity index (χ2v) is 7.45. The van der Waals surface area contributed by atoms with Crippen molar-refractivity contribution in [1.29, 1.82) is 0 Å². The number of carboxylic acid groups (broad SMARTS) is 1. The fraction of sp³-hybridized carbons (Fsp3) is 0.409. The largest absolute Gasteiger partial charge is 0.491 e. The van der Waals surface area contributed by atoms with E-state index in [1.54, 1.807) is 36.4 Å². The van der Waals surface area contributed by atoms with Gasteiger partial charge in [0.2, 0.25) is 0 Å². The molecule has 1 fully saturated rings. The molecular weight excluding hydrogens is 396 g/mol. The first kappa shape index (κ1) is 23.2. The third kappa shape index (κ3) is 8.03. The Balaban J connectivity index is 1.86. The highest BCUT2D eigenvalue weighted by atomic mass is 35.5. The number of aliphatic hydroxyl groups excluding tert-OH is 3. The van der Waals surface area contributed by atoms with Crippen molar-refractivity contribution in [3.8, 4) is 5.75 Å². The van der Waals surface area contributed by atoms with Crippen LogP contribution in [0.3, 0.4) is 0 Å². The Labute approximate surface area is 175 Å². The molecule has 1 aromatic rings. The molecule has 0 aliphatic heterocycles. The van der Waals surface area contributed by atoms with Crippen molar-refractivity contribution in [3.63, 3.8) is 0 Å². The number of carboxylic acids is 1. The Bertz CT molecular complexity index is 745. The van der Waals surface area contributed by atoms with Gasteiger partial charge in [-0.2, -0.15) is 0 Å². The second kappa shape index (κ2) is 11.8. The van der Waals surface area contributed by atoms with Crippen molar-refractivity contribution in [2.24, 2.45) is 11.8 Å². The number of hydrogen-bond donors (Lipinski definition) is 4. The van der Waals surface area contributed by atoms with E-state index in [0.717, 1.165) is 6.08 Å². The second-order valence-electron chi connectivity index (χ2n) is 7.02. The van der Waals surface area contributed by atoms with Gasteiger partial charge in [0.15, 0.2) is 0 Å². The van der Waals surface area contributed by atoms with Gasteiger partial charge in [-0.15, -0.1) is 0 Å². The highest BCUT2D eigenvalue weighted by molar-refractivity contribution is 6.30. The molecule has 0 bridgehead atoms. The van der Waals surface area contributed by atoms with E-state index in [0.29, 0.717) is 23.6 Å². The minimum Gasteiger partial charge on any atom is -0.491 e. The summed E-state index contributed by atoms with van der Waals surface area (Å²) in [5.74, 6) is -0.899. The van der Waals surface area contributed by atoms with E-state index in [1.165, 1.54) is 6.08 Å². The lowest BCUT2D eigenvalue weighted by Crippen LogP contribution is -2.21. The van der Waals surface area contributed by atoms with Gasteiger partial charge in [-0.3, -0.25) is 0 Å². The van der Waals surface area contributed by atoms with E-state index in [1.807, 2.05) is 12.2 Å². The summed E-state index contributed by atoms with van der Waals surface area (Å²) in [5, 5.41) is 39.7. The van der Waals surface area contributed by atoms with Crippen LogP contribution in [0.1, 0.15) is 19.3 Å². The SMILES string of the molecule is O=C(O)/C=C\C/C=C/CC1C(O)CC(O)[C@@H]1/C=C/[C@@H](O)COc1cccc(Cl)c1. The maximum Gasteiger partial charge on any atom is 0.327 e. The van der Waals surface area contributed by atoms with E-state index in [9.17, 15) is 20.1 Å². The molecule has 1 aliphatic carbocycles. The number of allylic oxidation sites excluding steroid dienone is 3. The quantitative estimate of drug-likeness (QED) is 0.341. The van der Waals surface area contributed by atoms with Crippen LogP contribution in [0, 0.1) is 11.8 Å². The lowest BCUT2D eigenvalue weighted by molar-refractivity contribution is -0.131. The molecule has 1 aliphatic rings. The highest BCUT2D eigenvalue weighted by Crippen LogP contribution is 2.36. The number of carbonyl (C=O) groups is 1. The third-order valence-electron chi connectivity index (χ3n) is 4.80. The summed E-state index contributed by atoms with van der Waals surface area (Å²) in [6, 6.07) is 6.89. The topological polar surface area (TPSA) is 107 Å². The molecule has 1 aromatic carbocycles. The van der Waals surface area contributed by atoms with E-state index in [4.69, 9.17) is 21.4 Å². The zero-order valence-corrected chi connectivity index (χ0v) is 16.7. The van der Waals surface area contributed by atoms with Crippen LogP contribution in [0.4, 0.5) is 0 Å². The van der Waals surface area contributed by atoms with Gasteiger partial charge in [0.1, 0.15) is 18.5 Å². The first-order valence-electron chi connectivity index (χ1n) is 9.52. The van der Waals surface area contributed by atoms with Gasteiger partial charge in [0, 0.05) is 23.4 Å². The molecule has 0 amide bonds. The predicted octanol–water partition coefficient (Wildman–Crippen LogP) is 2.97. The fourth-order valence-electron chi connectivity index (χ4n) is 3.35. The molecule has 0 heterocycles. The lowest BCUT2D eigenvalue weighted by Gasteiger charge is -2.19. The molecule has 158 valence electrons. The van der Waals surface area contributed by atoms with Gasteiger partial charge in [-0.25, -0.2) is 4.79 Å². The van der Waals surface area contributed by atoms with E-state index >= 15 is 0 Å². The Morgan fingerprint density at radius 3 is 2.76 bits per heavy atom. The molecule has 0 spiro atoms. The average molecular weight is 423 g/mol. The van der Waals surface area contributed by atoms with E-state index in [2.05, 4.69) is 0 Å². The molecule has 5 atom stereocenters. The number of ether oxygens (including phenoxy) is 1. The van der Waals surface area contributed by atoms with Crippen molar-refractivity contribution < 1.29 is 30.0 Å². The molecule has 1 saturated carbocycles. The van der Waals surface area contributed by atoms with Gasteiger partial charge in [0.05, 0.1) is 12.2 Å². The minimum absolute atomic E-state index is 0.0443. The molecule has 6 nitrogen and oxygen atoms in total. The van der Waals surface area contributed by atoms with Crippen LogP contribution in [0.5, 0.6) is 5.75 Å². The van der Waals surface area contributed by atoms with Crippen molar-refractivity contribution in [2.75, 3.05) is 6.61 Å². The maximum absolute atomic E-state index is 10.4. The van der Waals surface area contributed by atoms with Crippen molar-refractivity contribution in [2.45, 2.75) is 37.6 Å². The lowest BCUT2D eigenvalue weighted by atomic mass is 9.89. The molecule has 29 heavy (non-hydrogen) atoms.